The van der Waals surface area contributed by atoms with Crippen molar-refractivity contribution < 1.29 is 37.6 Å². The van der Waals surface area contributed by atoms with Gasteiger partial charge in [-0.25, -0.2) is 4.57 Å². The third-order valence-corrected chi connectivity index (χ3v) is 13.6. The van der Waals surface area contributed by atoms with Crippen molar-refractivity contribution in [2.75, 3.05) is 26.4 Å². The summed E-state index contributed by atoms with van der Waals surface area (Å²) in [7, 11) is -4.41. The molecule has 0 bridgehead atoms. The number of carbonyl (C=O) groups excluding carboxylic acids is 2. The Morgan fingerprint density at radius 3 is 1.08 bits per heavy atom. The molecule has 0 radical (unpaired) electrons. The van der Waals surface area contributed by atoms with Crippen molar-refractivity contribution in [1.29, 1.82) is 0 Å². The molecular formula is C66H112NO8P. The second kappa shape index (κ2) is 60.6. The van der Waals surface area contributed by atoms with Crippen molar-refractivity contribution in [2.45, 2.75) is 258 Å². The molecule has 3 N–H and O–H groups in total. The number of esters is 2. The largest absolute Gasteiger partial charge is 0.472 e. The number of hydrogen-bond donors (Lipinski definition) is 2. The van der Waals surface area contributed by atoms with Crippen LogP contribution < -0.4 is 5.73 Å². The van der Waals surface area contributed by atoms with E-state index in [2.05, 4.69) is 135 Å². The molecule has 0 saturated carbocycles. The van der Waals surface area contributed by atoms with Crippen LogP contribution in [0.2, 0.25) is 0 Å². The third-order valence-electron chi connectivity index (χ3n) is 12.6. The van der Waals surface area contributed by atoms with Gasteiger partial charge < -0.3 is 20.1 Å². The fraction of sp³-hybridized carbons (Fsp3) is 0.667. The lowest BCUT2D eigenvalue weighted by atomic mass is 10.0. The molecule has 0 aromatic heterocycles. The van der Waals surface area contributed by atoms with Crippen LogP contribution in [-0.4, -0.2) is 49.3 Å². The summed E-state index contributed by atoms with van der Waals surface area (Å²) < 4.78 is 33.0. The Balaban J connectivity index is 4.09. The molecule has 0 heterocycles. The first-order valence-electron chi connectivity index (χ1n) is 30.5. The first-order chi connectivity index (χ1) is 37.3. The summed E-state index contributed by atoms with van der Waals surface area (Å²) in [6.07, 6.45) is 84.1. The Hall–Kier alpha value is -3.59. The molecule has 9 nitrogen and oxygen atoms in total. The summed E-state index contributed by atoms with van der Waals surface area (Å²) in [5, 5.41) is 0. The number of phosphoric ester groups is 1. The zero-order chi connectivity index (χ0) is 55.2. The average molecular weight is 1080 g/mol. The molecule has 0 spiro atoms. The van der Waals surface area contributed by atoms with Crippen molar-refractivity contribution >= 4 is 19.8 Å². The molecule has 434 valence electrons. The number of nitrogens with two attached hydrogens (primary N) is 1. The predicted molar refractivity (Wildman–Crippen MR) is 325 cm³/mol. The SMILES string of the molecule is CC/C=C\C/C=C\C/C=C\C/C=C\C/C=C\C/C=C\C/C=C\C/C=C\C/C=C\C/C=C\CCCCC(=O)OC(COC(=O)CCCCCCCCCCCCCCCCCCCCCCCC)COP(=O)(O)OCCN. The predicted octanol–water partition coefficient (Wildman–Crippen LogP) is 19.6. The highest BCUT2D eigenvalue weighted by atomic mass is 31.2. The summed E-state index contributed by atoms with van der Waals surface area (Å²) >= 11 is 0. The normalized spacial score (nSPS) is 13.9. The maximum absolute atomic E-state index is 12.7. The van der Waals surface area contributed by atoms with Gasteiger partial charge >= 0.3 is 19.8 Å². The highest BCUT2D eigenvalue weighted by Crippen LogP contribution is 2.43. The Kier molecular flexibility index (Phi) is 57.8. The van der Waals surface area contributed by atoms with Crippen molar-refractivity contribution in [1.82, 2.24) is 0 Å². The van der Waals surface area contributed by atoms with Gasteiger partial charge in [0.1, 0.15) is 6.61 Å². The number of carbonyl (C=O) groups is 2. The Morgan fingerprint density at radius 2 is 0.724 bits per heavy atom. The van der Waals surface area contributed by atoms with E-state index in [0.29, 0.717) is 6.42 Å². The van der Waals surface area contributed by atoms with Gasteiger partial charge in [-0.05, 0) is 89.9 Å². The molecule has 0 fully saturated rings. The Morgan fingerprint density at radius 1 is 0.408 bits per heavy atom. The maximum atomic E-state index is 12.7. The Bertz CT molecular complexity index is 1660. The van der Waals surface area contributed by atoms with Crippen LogP contribution in [0, 0.1) is 0 Å². The van der Waals surface area contributed by atoms with Gasteiger partial charge in [-0.1, -0.05) is 270 Å². The van der Waals surface area contributed by atoms with Crippen LogP contribution in [0.15, 0.2) is 122 Å². The minimum atomic E-state index is -4.41. The van der Waals surface area contributed by atoms with Gasteiger partial charge in [-0.3, -0.25) is 18.6 Å². The van der Waals surface area contributed by atoms with Crippen LogP contribution in [0.4, 0.5) is 0 Å². The van der Waals surface area contributed by atoms with Crippen LogP contribution in [0.1, 0.15) is 251 Å². The number of allylic oxidation sites excluding steroid dienone is 20. The van der Waals surface area contributed by atoms with Crippen LogP contribution >= 0.6 is 7.82 Å². The van der Waals surface area contributed by atoms with Crippen LogP contribution in [0.25, 0.3) is 0 Å². The summed E-state index contributed by atoms with van der Waals surface area (Å²) in [4.78, 5) is 35.2. The molecule has 0 amide bonds. The van der Waals surface area contributed by atoms with Gasteiger partial charge in [-0.15, -0.1) is 0 Å². The van der Waals surface area contributed by atoms with Gasteiger partial charge in [-0.2, -0.15) is 0 Å². The number of unbranched alkanes of at least 4 members (excludes halogenated alkanes) is 23. The number of ether oxygens (including phenoxy) is 2. The zero-order valence-electron chi connectivity index (χ0n) is 48.4. The minimum Gasteiger partial charge on any atom is -0.462 e. The van der Waals surface area contributed by atoms with Gasteiger partial charge in [0, 0.05) is 19.4 Å². The molecule has 2 atom stereocenters. The molecule has 0 rings (SSSR count). The second-order valence-electron chi connectivity index (χ2n) is 19.8. The van der Waals surface area contributed by atoms with E-state index in [1.165, 1.54) is 122 Å². The van der Waals surface area contributed by atoms with Gasteiger partial charge in [0.2, 0.25) is 0 Å². The molecule has 2 unspecified atom stereocenters. The Labute approximate surface area is 466 Å². The van der Waals surface area contributed by atoms with Crippen molar-refractivity contribution in [3.63, 3.8) is 0 Å². The first-order valence-corrected chi connectivity index (χ1v) is 32.0. The lowest BCUT2D eigenvalue weighted by molar-refractivity contribution is -0.161. The molecule has 0 aromatic carbocycles. The van der Waals surface area contributed by atoms with E-state index in [4.69, 9.17) is 24.3 Å². The van der Waals surface area contributed by atoms with Crippen molar-refractivity contribution in [2.24, 2.45) is 5.73 Å². The molecular weight excluding hydrogens is 966 g/mol. The lowest BCUT2D eigenvalue weighted by Crippen LogP contribution is -2.29. The van der Waals surface area contributed by atoms with Gasteiger partial charge in [0.25, 0.3) is 0 Å². The highest BCUT2D eigenvalue weighted by molar-refractivity contribution is 7.47. The summed E-state index contributed by atoms with van der Waals surface area (Å²) in [5.74, 6) is -0.879. The van der Waals surface area contributed by atoms with Crippen molar-refractivity contribution in [3.05, 3.63) is 122 Å². The number of rotatable bonds is 56. The molecule has 0 aliphatic carbocycles. The van der Waals surface area contributed by atoms with E-state index in [1.54, 1.807) is 0 Å². The molecule has 0 aliphatic heterocycles. The molecule has 0 aliphatic rings. The van der Waals surface area contributed by atoms with Gasteiger partial charge in [0.05, 0.1) is 13.2 Å². The van der Waals surface area contributed by atoms with Crippen LogP contribution in [0.3, 0.4) is 0 Å². The minimum absolute atomic E-state index is 0.0410. The smallest absolute Gasteiger partial charge is 0.462 e. The summed E-state index contributed by atoms with van der Waals surface area (Å²) in [6, 6.07) is 0. The van der Waals surface area contributed by atoms with Crippen LogP contribution in [-0.2, 0) is 32.7 Å². The van der Waals surface area contributed by atoms with E-state index >= 15 is 0 Å². The maximum Gasteiger partial charge on any atom is 0.472 e. The first kappa shape index (κ1) is 72.4. The van der Waals surface area contributed by atoms with E-state index in [-0.39, 0.29) is 32.6 Å². The monoisotopic (exact) mass is 1080 g/mol. The zero-order valence-corrected chi connectivity index (χ0v) is 49.3. The molecule has 0 aromatic rings. The summed E-state index contributed by atoms with van der Waals surface area (Å²) in [5.41, 5.74) is 5.38. The molecule has 0 saturated heterocycles. The van der Waals surface area contributed by atoms with Gasteiger partial charge in [0.15, 0.2) is 6.10 Å². The fourth-order valence-corrected chi connectivity index (χ4v) is 8.90. The average Bonchev–Trinajstić information content (AvgIpc) is 3.41. The number of phosphoric acid groups is 1. The van der Waals surface area contributed by atoms with Crippen molar-refractivity contribution in [3.8, 4) is 0 Å². The molecule has 10 heteroatoms. The van der Waals surface area contributed by atoms with Crippen LogP contribution in [0.5, 0.6) is 0 Å². The third kappa shape index (κ3) is 59.7. The highest BCUT2D eigenvalue weighted by Gasteiger charge is 2.26. The van der Waals surface area contributed by atoms with E-state index < -0.39 is 32.5 Å². The summed E-state index contributed by atoms with van der Waals surface area (Å²) in [6.45, 7) is 3.59. The van der Waals surface area contributed by atoms with E-state index in [9.17, 15) is 19.0 Å². The fourth-order valence-electron chi connectivity index (χ4n) is 8.13. The van der Waals surface area contributed by atoms with E-state index in [0.717, 1.165) is 96.3 Å². The second-order valence-corrected chi connectivity index (χ2v) is 21.3. The number of hydrogen-bond acceptors (Lipinski definition) is 8. The topological polar surface area (TPSA) is 134 Å². The quantitative estimate of drug-likeness (QED) is 0.0264. The standard InChI is InChI=1S/C66H112NO8P/c1-3-5-7-9-11-13-15-17-19-21-23-25-27-28-29-30-31-32-33-34-35-36-37-39-41-43-45-47-49-51-53-55-57-59-66(69)75-64(63-74-76(70,71)73-61-60-67)62-72-65(68)58-56-54-52-50-48-46-44-42-40-38-26-24-22-20-18-16-14-12-10-8-6-4-2/h5,7,11,13,17,19,23,25,28-29,31-32,34-35,37,39,43,45,49,51,64H,3-4,6,8-10,12,14-16,18,20-22,24,26-27,30,33,36,38,40-42,44,46-48,50,52-63,67H2,1-2H3,(H,70,71)/b7-5-,13-11-,19-17-,25-23-,29-28-,32-31-,35-34-,39-37-,45-43-,51-49-. The molecule has 76 heavy (non-hydrogen) atoms. The lowest BCUT2D eigenvalue weighted by Gasteiger charge is -2.19. The van der Waals surface area contributed by atoms with E-state index in [1.807, 2.05) is 0 Å².